The average molecular weight is 423 g/mol. The van der Waals surface area contributed by atoms with Crippen molar-refractivity contribution >= 4 is 17.5 Å². The van der Waals surface area contributed by atoms with Gasteiger partial charge in [-0.1, -0.05) is 30.3 Å². The molecule has 1 atom stereocenters. The molecule has 1 unspecified atom stereocenters. The van der Waals surface area contributed by atoms with Crippen molar-refractivity contribution in [3.05, 3.63) is 60.2 Å². The number of anilines is 1. The summed E-state index contributed by atoms with van der Waals surface area (Å²) in [5, 5.41) is 2.57. The number of hydrogen-bond donors (Lipinski definition) is 1. The normalized spacial score (nSPS) is 12.4. The Bertz CT molecular complexity index is 842. The van der Waals surface area contributed by atoms with Gasteiger partial charge in [0, 0.05) is 12.7 Å². The Morgan fingerprint density at radius 3 is 2.17 bits per heavy atom. The highest BCUT2D eigenvalue weighted by atomic mass is 19.4. The van der Waals surface area contributed by atoms with Gasteiger partial charge >= 0.3 is 6.36 Å². The number of alkyl halides is 3. The van der Waals surface area contributed by atoms with Crippen molar-refractivity contribution in [1.29, 1.82) is 0 Å². The first-order valence-corrected chi connectivity index (χ1v) is 9.20. The fourth-order valence-corrected chi connectivity index (χ4v) is 2.76. The van der Waals surface area contributed by atoms with Crippen LogP contribution >= 0.6 is 0 Å². The van der Waals surface area contributed by atoms with Crippen LogP contribution in [0.2, 0.25) is 0 Å². The Hall–Kier alpha value is -3.07. The van der Waals surface area contributed by atoms with Gasteiger partial charge in [-0.15, -0.1) is 13.2 Å². The monoisotopic (exact) mass is 423 g/mol. The number of halogens is 3. The van der Waals surface area contributed by atoms with Gasteiger partial charge in [-0.25, -0.2) is 0 Å². The van der Waals surface area contributed by atoms with Gasteiger partial charge in [0.05, 0.1) is 19.1 Å². The lowest BCUT2D eigenvalue weighted by Crippen LogP contribution is -2.40. The van der Waals surface area contributed by atoms with Gasteiger partial charge < -0.3 is 15.0 Å². The van der Waals surface area contributed by atoms with Crippen molar-refractivity contribution in [2.24, 2.45) is 0 Å². The van der Waals surface area contributed by atoms with Gasteiger partial charge in [0.25, 0.3) is 0 Å². The maximum Gasteiger partial charge on any atom is 0.573 e. The van der Waals surface area contributed by atoms with Gasteiger partial charge in [-0.2, -0.15) is 0 Å². The zero-order valence-corrected chi connectivity index (χ0v) is 16.9. The number of rotatable bonds is 8. The van der Waals surface area contributed by atoms with Gasteiger partial charge in [-0.3, -0.25) is 14.5 Å². The molecule has 2 amide bonds. The molecule has 0 bridgehead atoms. The van der Waals surface area contributed by atoms with Gasteiger partial charge in [0.1, 0.15) is 5.75 Å². The SMILES string of the molecule is CC(c1ccccc1)N(C)C(=O)CN(C)CC(=O)Nc1ccc(OC(F)(F)F)cc1. The standard InChI is InChI=1S/C21H24F3N3O3/c1-15(16-7-5-4-6-8-16)27(3)20(29)14-26(2)13-19(28)25-17-9-11-18(12-10-17)30-21(22,23)24/h4-12,15H,13-14H2,1-3H3,(H,25,28). The van der Waals surface area contributed by atoms with Crippen LogP contribution in [0.25, 0.3) is 0 Å². The second-order valence-electron chi connectivity index (χ2n) is 6.88. The fourth-order valence-electron chi connectivity index (χ4n) is 2.76. The van der Waals surface area contributed by atoms with Crippen molar-refractivity contribution in [2.75, 3.05) is 32.5 Å². The molecule has 2 aromatic carbocycles. The van der Waals surface area contributed by atoms with Crippen molar-refractivity contribution in [3.63, 3.8) is 0 Å². The Labute approximate surface area is 173 Å². The van der Waals surface area contributed by atoms with Crippen LogP contribution in [0.3, 0.4) is 0 Å². The third kappa shape index (κ3) is 7.40. The molecule has 162 valence electrons. The molecule has 0 spiro atoms. The summed E-state index contributed by atoms with van der Waals surface area (Å²) in [5.74, 6) is -0.914. The quantitative estimate of drug-likeness (QED) is 0.704. The zero-order valence-electron chi connectivity index (χ0n) is 16.9. The molecule has 0 saturated carbocycles. The van der Waals surface area contributed by atoms with E-state index in [1.165, 1.54) is 12.1 Å². The van der Waals surface area contributed by atoms with Crippen LogP contribution < -0.4 is 10.1 Å². The van der Waals surface area contributed by atoms with Crippen molar-refractivity contribution in [3.8, 4) is 5.75 Å². The number of benzene rings is 2. The number of ether oxygens (including phenoxy) is 1. The average Bonchev–Trinajstić information content (AvgIpc) is 2.67. The summed E-state index contributed by atoms with van der Waals surface area (Å²) in [5.41, 5.74) is 1.33. The van der Waals surface area contributed by atoms with E-state index >= 15 is 0 Å². The van der Waals surface area contributed by atoms with Crippen molar-refractivity contribution in [2.45, 2.75) is 19.3 Å². The molecule has 1 N–H and O–H groups in total. The minimum absolute atomic E-state index is 0.0411. The van der Waals surface area contributed by atoms with Crippen LogP contribution in [0.15, 0.2) is 54.6 Å². The summed E-state index contributed by atoms with van der Waals surface area (Å²) >= 11 is 0. The van der Waals surface area contributed by atoms with Crippen LogP contribution in [0, 0.1) is 0 Å². The number of likely N-dealkylation sites (N-methyl/N-ethyl adjacent to an activating group) is 2. The molecular weight excluding hydrogens is 399 g/mol. The third-order valence-corrected chi connectivity index (χ3v) is 4.45. The van der Waals surface area contributed by atoms with Crippen molar-refractivity contribution in [1.82, 2.24) is 9.80 Å². The van der Waals surface area contributed by atoms with Gasteiger partial charge in [0.2, 0.25) is 11.8 Å². The van der Waals surface area contributed by atoms with Crippen LogP contribution in [0.4, 0.5) is 18.9 Å². The number of hydrogen-bond acceptors (Lipinski definition) is 4. The highest BCUT2D eigenvalue weighted by Crippen LogP contribution is 2.24. The Balaban J connectivity index is 1.83. The molecule has 0 aliphatic rings. The summed E-state index contributed by atoms with van der Waals surface area (Å²) < 4.78 is 40.3. The van der Waals surface area contributed by atoms with Crippen molar-refractivity contribution < 1.29 is 27.5 Å². The minimum atomic E-state index is -4.77. The molecule has 0 aromatic heterocycles. The van der Waals surface area contributed by atoms with E-state index < -0.39 is 12.3 Å². The van der Waals surface area contributed by atoms with Crippen LogP contribution in [0.5, 0.6) is 5.75 Å². The summed E-state index contributed by atoms with van der Waals surface area (Å²) in [6, 6.07) is 14.3. The smallest absolute Gasteiger partial charge is 0.406 e. The van der Waals surface area contributed by atoms with Gasteiger partial charge in [-0.05, 0) is 43.8 Å². The maximum atomic E-state index is 12.5. The molecule has 0 aliphatic heterocycles. The van der Waals surface area contributed by atoms with E-state index in [4.69, 9.17) is 0 Å². The molecule has 0 radical (unpaired) electrons. The lowest BCUT2D eigenvalue weighted by molar-refractivity contribution is -0.274. The number of nitrogens with one attached hydrogen (secondary N) is 1. The lowest BCUT2D eigenvalue weighted by atomic mass is 10.1. The first kappa shape index (κ1) is 23.2. The predicted octanol–water partition coefficient (Wildman–Crippen LogP) is 3.68. The second kappa shape index (κ2) is 10.1. The summed E-state index contributed by atoms with van der Waals surface area (Å²) in [6.45, 7) is 1.91. The summed E-state index contributed by atoms with van der Waals surface area (Å²) in [6.07, 6.45) is -4.77. The predicted molar refractivity (Wildman–Crippen MR) is 107 cm³/mol. The molecule has 6 nitrogen and oxygen atoms in total. The highest BCUT2D eigenvalue weighted by molar-refractivity contribution is 5.92. The molecule has 2 aromatic rings. The topological polar surface area (TPSA) is 61.9 Å². The number of amides is 2. The van der Waals surface area contributed by atoms with Crippen LogP contribution in [-0.4, -0.2) is 55.2 Å². The van der Waals surface area contributed by atoms with E-state index in [0.717, 1.165) is 17.7 Å². The number of carbonyl (C=O) groups excluding carboxylic acids is 2. The lowest BCUT2D eigenvalue weighted by Gasteiger charge is -2.27. The third-order valence-electron chi connectivity index (χ3n) is 4.45. The summed E-state index contributed by atoms with van der Waals surface area (Å²) in [4.78, 5) is 27.8. The first-order valence-electron chi connectivity index (χ1n) is 9.20. The Morgan fingerprint density at radius 1 is 1.00 bits per heavy atom. The minimum Gasteiger partial charge on any atom is -0.406 e. The zero-order chi connectivity index (χ0) is 22.3. The molecule has 0 fully saturated rings. The van der Waals surface area contributed by atoms with E-state index in [0.29, 0.717) is 5.69 Å². The Morgan fingerprint density at radius 2 is 1.60 bits per heavy atom. The molecule has 0 saturated heterocycles. The highest BCUT2D eigenvalue weighted by Gasteiger charge is 2.31. The second-order valence-corrected chi connectivity index (χ2v) is 6.88. The number of nitrogens with zero attached hydrogens (tertiary/aromatic N) is 2. The Kier molecular flexibility index (Phi) is 7.82. The maximum absolute atomic E-state index is 12.5. The fraction of sp³-hybridized carbons (Fsp3) is 0.333. The van der Waals surface area contributed by atoms with E-state index in [9.17, 15) is 22.8 Å². The molecule has 0 heterocycles. The molecule has 2 rings (SSSR count). The van der Waals surface area contributed by atoms with E-state index in [1.807, 2.05) is 37.3 Å². The molecule has 9 heteroatoms. The van der Waals surface area contributed by atoms with E-state index in [1.54, 1.807) is 23.9 Å². The molecule has 0 aliphatic carbocycles. The molecular formula is C21H24F3N3O3. The van der Waals surface area contributed by atoms with E-state index in [-0.39, 0.29) is 30.8 Å². The largest absolute Gasteiger partial charge is 0.573 e. The van der Waals surface area contributed by atoms with Crippen LogP contribution in [-0.2, 0) is 9.59 Å². The first-order chi connectivity index (χ1) is 14.0. The number of carbonyl (C=O) groups is 2. The molecule has 30 heavy (non-hydrogen) atoms. The van der Waals surface area contributed by atoms with E-state index in [2.05, 4.69) is 10.1 Å². The van der Waals surface area contributed by atoms with Gasteiger partial charge in [0.15, 0.2) is 0 Å². The summed E-state index contributed by atoms with van der Waals surface area (Å²) in [7, 11) is 3.34. The van der Waals surface area contributed by atoms with Crippen LogP contribution in [0.1, 0.15) is 18.5 Å².